The largest absolute Gasteiger partial charge is 0.468 e. The van der Waals surface area contributed by atoms with E-state index in [1.54, 1.807) is 16.0 Å². The van der Waals surface area contributed by atoms with Gasteiger partial charge in [-0.3, -0.25) is 4.79 Å². The Hall–Kier alpha value is -1.97. The summed E-state index contributed by atoms with van der Waals surface area (Å²) in [5.41, 5.74) is 1.79. The van der Waals surface area contributed by atoms with Crippen LogP contribution in [0.2, 0.25) is 0 Å². The van der Waals surface area contributed by atoms with Crippen molar-refractivity contribution in [3.05, 3.63) is 46.1 Å². The fraction of sp³-hybridized carbons (Fsp3) is 0.200. The summed E-state index contributed by atoms with van der Waals surface area (Å²) < 4.78 is 36.1. The van der Waals surface area contributed by atoms with Gasteiger partial charge in [-0.1, -0.05) is 23.5 Å². The molecular weight excluding hydrogens is 368 g/mol. The number of nitrogens with zero attached hydrogens (tertiary/aromatic N) is 2. The number of rotatable bonds is 4. The molecule has 126 valence electrons. The number of ether oxygens (including phenoxy) is 1. The van der Waals surface area contributed by atoms with E-state index in [4.69, 9.17) is 4.74 Å². The van der Waals surface area contributed by atoms with Crippen LogP contribution in [-0.4, -0.2) is 26.1 Å². The lowest BCUT2D eigenvalue weighted by molar-refractivity contribution is -0.141. The molecule has 9 heteroatoms. The van der Waals surface area contributed by atoms with E-state index in [9.17, 15) is 13.2 Å². The van der Waals surface area contributed by atoms with Crippen molar-refractivity contribution < 1.29 is 17.9 Å². The summed E-state index contributed by atoms with van der Waals surface area (Å²) in [5.74, 6) is -0.467. The number of hydrogen-bond acceptors (Lipinski definition) is 6. The highest BCUT2D eigenvalue weighted by atomic mass is 32.2. The highest BCUT2D eigenvalue weighted by Crippen LogP contribution is 2.21. The molecule has 0 atom stereocenters. The fourth-order valence-electron chi connectivity index (χ4n) is 2.15. The molecule has 0 spiro atoms. The summed E-state index contributed by atoms with van der Waals surface area (Å²) in [6.45, 7) is 1.85. The van der Waals surface area contributed by atoms with Crippen LogP contribution in [0.4, 0.5) is 0 Å². The van der Waals surface area contributed by atoms with Gasteiger partial charge in [0.25, 0.3) is 10.0 Å². The summed E-state index contributed by atoms with van der Waals surface area (Å²) in [6, 6.07) is 8.85. The Bertz CT molecular complexity index is 1060. The van der Waals surface area contributed by atoms with Crippen molar-refractivity contribution in [2.24, 2.45) is 4.40 Å². The number of hydrogen-bond donors (Lipinski definition) is 0. The molecule has 0 unspecified atom stereocenters. The first kappa shape index (κ1) is 16.9. The van der Waals surface area contributed by atoms with Crippen molar-refractivity contribution >= 4 is 48.9 Å². The van der Waals surface area contributed by atoms with E-state index in [0.29, 0.717) is 0 Å². The van der Waals surface area contributed by atoms with Gasteiger partial charge < -0.3 is 9.30 Å². The van der Waals surface area contributed by atoms with E-state index >= 15 is 0 Å². The van der Waals surface area contributed by atoms with Gasteiger partial charge in [0.15, 0.2) is 0 Å². The van der Waals surface area contributed by atoms with E-state index in [0.717, 1.165) is 27.1 Å². The summed E-state index contributed by atoms with van der Waals surface area (Å²) in [4.78, 5) is 12.0. The highest BCUT2D eigenvalue weighted by molar-refractivity contribution is 7.92. The molecule has 0 saturated carbocycles. The smallest absolute Gasteiger partial charge is 0.325 e. The van der Waals surface area contributed by atoms with Gasteiger partial charge in [-0.25, -0.2) is 0 Å². The predicted octanol–water partition coefficient (Wildman–Crippen LogP) is 2.54. The van der Waals surface area contributed by atoms with Crippen molar-refractivity contribution in [2.45, 2.75) is 17.7 Å². The first-order chi connectivity index (χ1) is 11.4. The molecule has 1 aromatic carbocycles. The van der Waals surface area contributed by atoms with E-state index in [1.807, 2.05) is 25.1 Å². The van der Waals surface area contributed by atoms with Crippen molar-refractivity contribution in [3.63, 3.8) is 0 Å². The molecule has 2 heterocycles. The van der Waals surface area contributed by atoms with Crippen LogP contribution < -0.4 is 4.80 Å². The number of carbonyl (C=O) groups is 1. The van der Waals surface area contributed by atoms with Crippen LogP contribution in [0.25, 0.3) is 10.2 Å². The average molecular weight is 382 g/mol. The number of esters is 1. The molecule has 0 bridgehead atoms. The Kier molecular flexibility index (Phi) is 4.57. The number of methoxy groups -OCH3 is 1. The number of thiophene rings is 1. The molecule has 24 heavy (non-hydrogen) atoms. The molecule has 3 rings (SSSR count). The molecule has 0 amide bonds. The van der Waals surface area contributed by atoms with E-state index in [2.05, 4.69) is 4.40 Å². The minimum atomic E-state index is -3.81. The van der Waals surface area contributed by atoms with Crippen molar-refractivity contribution in [1.29, 1.82) is 0 Å². The zero-order valence-electron chi connectivity index (χ0n) is 12.9. The molecule has 2 aromatic heterocycles. The second-order valence-corrected chi connectivity index (χ2v) is 8.80. The van der Waals surface area contributed by atoms with Crippen molar-refractivity contribution in [1.82, 2.24) is 4.57 Å². The molecule has 0 aliphatic carbocycles. The zero-order valence-corrected chi connectivity index (χ0v) is 15.4. The maximum Gasteiger partial charge on any atom is 0.325 e. The third kappa shape index (κ3) is 3.28. The van der Waals surface area contributed by atoms with Crippen LogP contribution in [0.3, 0.4) is 0 Å². The molecule has 3 aromatic rings. The molecule has 0 N–H and O–H groups in total. The molecule has 0 saturated heterocycles. The summed E-state index contributed by atoms with van der Waals surface area (Å²) in [6.07, 6.45) is 0. The Labute approximate surface area is 146 Å². The maximum atomic E-state index is 12.4. The van der Waals surface area contributed by atoms with Crippen LogP contribution in [0.15, 0.2) is 44.3 Å². The summed E-state index contributed by atoms with van der Waals surface area (Å²) in [7, 11) is -2.52. The van der Waals surface area contributed by atoms with E-state index in [-0.39, 0.29) is 15.6 Å². The topological polar surface area (TPSA) is 77.7 Å². The van der Waals surface area contributed by atoms with Gasteiger partial charge in [-0.2, -0.15) is 8.42 Å². The van der Waals surface area contributed by atoms with Crippen LogP contribution in [0.5, 0.6) is 0 Å². The number of benzene rings is 1. The Morgan fingerprint density at radius 1 is 1.33 bits per heavy atom. The fourth-order valence-corrected chi connectivity index (χ4v) is 5.45. The number of fused-ring (bicyclic) bond motifs is 1. The summed E-state index contributed by atoms with van der Waals surface area (Å²) >= 11 is 2.33. The second-order valence-electron chi connectivity index (χ2n) is 5.02. The third-order valence-electron chi connectivity index (χ3n) is 3.30. The van der Waals surface area contributed by atoms with Gasteiger partial charge in [-0.15, -0.1) is 15.7 Å². The van der Waals surface area contributed by atoms with Gasteiger partial charge >= 0.3 is 5.97 Å². The molecular formula is C15H14N2O4S3. The standard InChI is InChI=1S/C15H14N2O4S3/c1-10-5-6-11-12(8-10)23-15(17(11)9-13(18)21-2)16-24(19,20)14-4-3-7-22-14/h3-8H,9H2,1-2H3. The van der Waals surface area contributed by atoms with Crippen molar-refractivity contribution in [2.75, 3.05) is 7.11 Å². The first-order valence-electron chi connectivity index (χ1n) is 6.92. The molecule has 0 aliphatic heterocycles. The SMILES string of the molecule is COC(=O)Cn1c(=NS(=O)(=O)c2cccs2)sc2cc(C)ccc21. The molecule has 6 nitrogen and oxygen atoms in total. The lowest BCUT2D eigenvalue weighted by Gasteiger charge is -2.03. The number of sulfonamides is 1. The average Bonchev–Trinajstić information content (AvgIpc) is 3.16. The van der Waals surface area contributed by atoms with Crippen LogP contribution >= 0.6 is 22.7 Å². The normalized spacial score (nSPS) is 12.7. The lowest BCUT2D eigenvalue weighted by Crippen LogP contribution is -2.22. The van der Waals surface area contributed by atoms with Crippen molar-refractivity contribution in [3.8, 4) is 0 Å². The van der Waals surface area contributed by atoms with Crippen LogP contribution in [-0.2, 0) is 26.1 Å². The Balaban J connectivity index is 2.24. The van der Waals surface area contributed by atoms with Gasteiger partial charge in [0.2, 0.25) is 4.80 Å². The minimum absolute atomic E-state index is 0.0989. The quantitative estimate of drug-likeness (QED) is 0.650. The van der Waals surface area contributed by atoms with E-state index < -0.39 is 16.0 Å². The first-order valence-corrected chi connectivity index (χ1v) is 10.1. The number of aromatic nitrogens is 1. The number of aryl methyl sites for hydroxylation is 1. The van der Waals surface area contributed by atoms with Gasteiger partial charge in [0.1, 0.15) is 10.8 Å². The van der Waals surface area contributed by atoms with E-state index in [1.165, 1.54) is 24.5 Å². The highest BCUT2D eigenvalue weighted by Gasteiger charge is 2.17. The Morgan fingerprint density at radius 3 is 2.79 bits per heavy atom. The third-order valence-corrected chi connectivity index (χ3v) is 7.10. The Morgan fingerprint density at radius 2 is 2.12 bits per heavy atom. The molecule has 0 aliphatic rings. The van der Waals surface area contributed by atoms with Crippen LogP contribution in [0, 0.1) is 6.92 Å². The monoisotopic (exact) mass is 382 g/mol. The number of carbonyl (C=O) groups excluding carboxylic acids is 1. The maximum absolute atomic E-state index is 12.4. The van der Waals surface area contributed by atoms with Gasteiger partial charge in [0, 0.05) is 0 Å². The molecule has 0 fully saturated rings. The second kappa shape index (κ2) is 6.50. The lowest BCUT2D eigenvalue weighted by atomic mass is 10.2. The predicted molar refractivity (Wildman–Crippen MR) is 93.6 cm³/mol. The molecule has 0 radical (unpaired) electrons. The van der Waals surface area contributed by atoms with Crippen LogP contribution in [0.1, 0.15) is 5.56 Å². The van der Waals surface area contributed by atoms with Gasteiger partial charge in [0.05, 0.1) is 17.3 Å². The minimum Gasteiger partial charge on any atom is -0.468 e. The summed E-state index contributed by atoms with van der Waals surface area (Å²) in [5, 5.41) is 1.68. The number of thiazole rings is 1. The van der Waals surface area contributed by atoms with Gasteiger partial charge in [-0.05, 0) is 36.1 Å². The zero-order chi connectivity index (χ0) is 17.3.